The molecule has 0 heterocycles. The van der Waals surface area contributed by atoms with Gasteiger partial charge in [-0.25, -0.2) is 4.79 Å². The fraction of sp³-hybridized carbons (Fsp3) is 0.0357. The number of nitro groups is 1. The van der Waals surface area contributed by atoms with E-state index in [4.69, 9.17) is 0 Å². The van der Waals surface area contributed by atoms with E-state index >= 15 is 0 Å². The second-order valence-electron chi connectivity index (χ2n) is 8.03. The second-order valence-corrected chi connectivity index (χ2v) is 9.21. The smallest absolute Gasteiger partial charge is 0.336 e. The molecule has 38 heavy (non-hydrogen) atoms. The highest BCUT2D eigenvalue weighted by molar-refractivity contribution is 8.00. The molecule has 0 aliphatic heterocycles. The minimum Gasteiger partial charge on any atom is -0.478 e. The Kier molecular flexibility index (Phi) is 8.14. The van der Waals surface area contributed by atoms with Crippen molar-refractivity contribution in [3.8, 4) is 0 Å². The third kappa shape index (κ3) is 6.42. The second kappa shape index (κ2) is 11.8. The summed E-state index contributed by atoms with van der Waals surface area (Å²) in [4.78, 5) is 48.6. The minimum atomic E-state index is -1.20. The lowest BCUT2D eigenvalue weighted by Crippen LogP contribution is -2.19. The van der Waals surface area contributed by atoms with Crippen LogP contribution < -0.4 is 10.6 Å². The number of hydrogen-bond acceptors (Lipinski definition) is 6. The van der Waals surface area contributed by atoms with Crippen LogP contribution in [0.2, 0.25) is 0 Å². The summed E-state index contributed by atoms with van der Waals surface area (Å²) in [5, 5.41) is 25.1. The van der Waals surface area contributed by atoms with Gasteiger partial charge in [0.1, 0.15) is 5.25 Å². The Morgan fingerprint density at radius 3 is 2.08 bits per heavy atom. The lowest BCUT2D eigenvalue weighted by Gasteiger charge is -2.18. The summed E-state index contributed by atoms with van der Waals surface area (Å²) in [6.45, 7) is 0. The molecule has 0 bridgehead atoms. The Balaban J connectivity index is 1.54. The van der Waals surface area contributed by atoms with Crippen LogP contribution in [0.4, 0.5) is 17.1 Å². The van der Waals surface area contributed by atoms with Crippen LogP contribution in [0.1, 0.15) is 31.5 Å². The number of carboxylic acids is 1. The van der Waals surface area contributed by atoms with Crippen molar-refractivity contribution in [2.45, 2.75) is 10.1 Å². The molecule has 2 amide bonds. The van der Waals surface area contributed by atoms with Crippen molar-refractivity contribution in [2.75, 3.05) is 10.6 Å². The van der Waals surface area contributed by atoms with Crippen molar-refractivity contribution in [3.63, 3.8) is 0 Å². The monoisotopic (exact) mass is 527 g/mol. The Morgan fingerprint density at radius 1 is 0.763 bits per heavy atom. The molecular formula is C28H21N3O6S. The summed E-state index contributed by atoms with van der Waals surface area (Å²) in [5.74, 6) is -2.11. The van der Waals surface area contributed by atoms with Crippen molar-refractivity contribution in [1.82, 2.24) is 0 Å². The lowest BCUT2D eigenvalue weighted by molar-refractivity contribution is -0.384. The van der Waals surface area contributed by atoms with Gasteiger partial charge in [0.25, 0.3) is 11.6 Å². The maximum absolute atomic E-state index is 13.3. The minimum absolute atomic E-state index is 0.0303. The van der Waals surface area contributed by atoms with Crippen LogP contribution in [0.25, 0.3) is 0 Å². The van der Waals surface area contributed by atoms with E-state index in [9.17, 15) is 29.6 Å². The van der Waals surface area contributed by atoms with Gasteiger partial charge in [0.05, 0.1) is 16.1 Å². The molecule has 4 aromatic carbocycles. The van der Waals surface area contributed by atoms with Crippen LogP contribution in [0, 0.1) is 10.1 Å². The summed E-state index contributed by atoms with van der Waals surface area (Å²) in [6, 6.07) is 27.5. The van der Waals surface area contributed by atoms with Gasteiger partial charge in [0.2, 0.25) is 5.91 Å². The average molecular weight is 528 g/mol. The predicted molar refractivity (Wildman–Crippen MR) is 145 cm³/mol. The highest BCUT2D eigenvalue weighted by Crippen LogP contribution is 2.37. The van der Waals surface area contributed by atoms with Crippen LogP contribution in [0.3, 0.4) is 0 Å². The van der Waals surface area contributed by atoms with Crippen molar-refractivity contribution < 1.29 is 24.4 Å². The molecule has 0 aromatic heterocycles. The number of nitrogens with zero attached hydrogens (tertiary/aromatic N) is 1. The van der Waals surface area contributed by atoms with Crippen molar-refractivity contribution in [1.29, 1.82) is 0 Å². The molecule has 10 heteroatoms. The Morgan fingerprint density at radius 2 is 1.42 bits per heavy atom. The summed E-state index contributed by atoms with van der Waals surface area (Å²) in [6.07, 6.45) is 0. The maximum Gasteiger partial charge on any atom is 0.336 e. The quantitative estimate of drug-likeness (QED) is 0.137. The average Bonchev–Trinajstić information content (AvgIpc) is 2.92. The first-order valence-electron chi connectivity index (χ1n) is 11.3. The van der Waals surface area contributed by atoms with Gasteiger partial charge in [-0.15, -0.1) is 11.8 Å². The molecule has 0 spiro atoms. The number of rotatable bonds is 9. The molecule has 0 fully saturated rings. The molecular weight excluding hydrogens is 506 g/mol. The number of carbonyl (C=O) groups is 3. The Hall–Kier alpha value is -4.96. The van der Waals surface area contributed by atoms with Gasteiger partial charge in [0, 0.05) is 28.4 Å². The van der Waals surface area contributed by atoms with Gasteiger partial charge in [-0.3, -0.25) is 19.7 Å². The molecule has 0 aliphatic carbocycles. The summed E-state index contributed by atoms with van der Waals surface area (Å²) in [7, 11) is 0. The van der Waals surface area contributed by atoms with Gasteiger partial charge >= 0.3 is 5.97 Å². The van der Waals surface area contributed by atoms with E-state index in [1.807, 2.05) is 30.3 Å². The zero-order chi connectivity index (χ0) is 27.1. The predicted octanol–water partition coefficient (Wildman–Crippen LogP) is 6.02. The largest absolute Gasteiger partial charge is 0.478 e. The lowest BCUT2D eigenvalue weighted by atomic mass is 10.1. The van der Waals surface area contributed by atoms with Gasteiger partial charge < -0.3 is 15.7 Å². The third-order valence-electron chi connectivity index (χ3n) is 5.43. The molecule has 4 aromatic rings. The standard InChI is InChI=1S/C28H21N3O6S/c32-26(23-11-4-5-12-24(23)28(34)35)30-20-9-6-10-22(17-20)38-25(18-7-2-1-3-8-18)27(33)29-19-13-15-21(16-14-19)31(36)37/h1-17,25H,(H,29,33)(H,30,32)(H,34,35). The first-order valence-corrected chi connectivity index (χ1v) is 12.2. The molecule has 4 rings (SSSR count). The topological polar surface area (TPSA) is 139 Å². The number of anilines is 2. The molecule has 0 saturated carbocycles. The molecule has 9 nitrogen and oxygen atoms in total. The first-order chi connectivity index (χ1) is 18.3. The maximum atomic E-state index is 13.3. The molecule has 0 aliphatic rings. The van der Waals surface area contributed by atoms with Gasteiger partial charge in [-0.05, 0) is 48.0 Å². The fourth-order valence-electron chi connectivity index (χ4n) is 3.62. The highest BCUT2D eigenvalue weighted by atomic mass is 32.2. The number of non-ortho nitro benzene ring substituents is 1. The van der Waals surface area contributed by atoms with Crippen LogP contribution in [0.5, 0.6) is 0 Å². The van der Waals surface area contributed by atoms with Gasteiger partial charge in [0.15, 0.2) is 0 Å². The van der Waals surface area contributed by atoms with E-state index < -0.39 is 22.0 Å². The number of aromatic carboxylic acids is 1. The van der Waals surface area contributed by atoms with E-state index in [1.54, 1.807) is 36.4 Å². The number of carboxylic acid groups (broad SMARTS) is 1. The number of carbonyl (C=O) groups excluding carboxylic acids is 2. The Labute approximate surface area is 221 Å². The fourth-order valence-corrected chi connectivity index (χ4v) is 4.71. The molecule has 1 atom stereocenters. The van der Waals surface area contributed by atoms with E-state index in [0.717, 1.165) is 5.56 Å². The van der Waals surface area contributed by atoms with Crippen molar-refractivity contribution >= 4 is 46.6 Å². The summed E-state index contributed by atoms with van der Waals surface area (Å²) < 4.78 is 0. The number of hydrogen-bond donors (Lipinski definition) is 3. The number of nitrogens with one attached hydrogen (secondary N) is 2. The van der Waals surface area contributed by atoms with E-state index in [0.29, 0.717) is 16.3 Å². The summed E-state index contributed by atoms with van der Waals surface area (Å²) in [5.41, 5.74) is 1.43. The highest BCUT2D eigenvalue weighted by Gasteiger charge is 2.23. The number of amides is 2. The van der Waals surface area contributed by atoms with Crippen LogP contribution in [-0.2, 0) is 4.79 Å². The van der Waals surface area contributed by atoms with Crippen LogP contribution in [0.15, 0.2) is 108 Å². The SMILES string of the molecule is O=C(O)c1ccccc1C(=O)Nc1cccc(SC(C(=O)Nc2ccc([N+](=O)[O-])cc2)c2ccccc2)c1. The van der Waals surface area contributed by atoms with E-state index in [-0.39, 0.29) is 22.7 Å². The summed E-state index contributed by atoms with van der Waals surface area (Å²) >= 11 is 1.26. The first kappa shape index (κ1) is 26.1. The molecule has 1 unspecified atom stereocenters. The van der Waals surface area contributed by atoms with E-state index in [1.165, 1.54) is 48.2 Å². The Bertz CT molecular complexity index is 1490. The van der Waals surface area contributed by atoms with Crippen molar-refractivity contribution in [2.24, 2.45) is 0 Å². The van der Waals surface area contributed by atoms with Crippen molar-refractivity contribution in [3.05, 3.63) is 130 Å². The molecule has 3 N–H and O–H groups in total. The zero-order valence-electron chi connectivity index (χ0n) is 19.7. The van der Waals surface area contributed by atoms with Gasteiger partial charge in [-0.1, -0.05) is 48.5 Å². The number of nitro benzene ring substituents is 1. The molecule has 0 saturated heterocycles. The van der Waals surface area contributed by atoms with Crippen LogP contribution in [-0.4, -0.2) is 27.8 Å². The van der Waals surface area contributed by atoms with E-state index in [2.05, 4.69) is 10.6 Å². The molecule has 0 radical (unpaired) electrons. The molecule has 190 valence electrons. The van der Waals surface area contributed by atoms with Crippen LogP contribution >= 0.6 is 11.8 Å². The number of thioether (sulfide) groups is 1. The number of benzene rings is 4. The van der Waals surface area contributed by atoms with Gasteiger partial charge in [-0.2, -0.15) is 0 Å². The third-order valence-corrected chi connectivity index (χ3v) is 6.68. The zero-order valence-corrected chi connectivity index (χ0v) is 20.6. The normalized spacial score (nSPS) is 11.3.